The van der Waals surface area contributed by atoms with Crippen LogP contribution in [0.5, 0.6) is 0 Å². The Morgan fingerprint density at radius 2 is 2.09 bits per heavy atom. The molecule has 0 atom stereocenters. The monoisotopic (exact) mass is 325 g/mol. The molecule has 0 spiro atoms. The van der Waals surface area contributed by atoms with Gasteiger partial charge in [0.15, 0.2) is 5.16 Å². The first-order valence-corrected chi connectivity index (χ1v) is 8.98. The van der Waals surface area contributed by atoms with E-state index in [2.05, 4.69) is 44.7 Å². The van der Waals surface area contributed by atoms with Crippen LogP contribution in [-0.4, -0.2) is 37.2 Å². The Kier molecular flexibility index (Phi) is 3.79. The maximum atomic E-state index is 4.78. The summed E-state index contributed by atoms with van der Waals surface area (Å²) in [6.45, 7) is 2.77. The fourth-order valence-corrected chi connectivity index (χ4v) is 3.49. The van der Waals surface area contributed by atoms with Gasteiger partial charge in [-0.15, -0.1) is 0 Å². The Balaban J connectivity index is 1.56. The van der Waals surface area contributed by atoms with E-state index >= 15 is 0 Å². The second kappa shape index (κ2) is 5.94. The standard InChI is InChI=1S/C17H19N5S/c1-21-15-6-4-3-5-14(15)19-16(21)11-22-8-7-13-12(10-22)9-18-17(20-13)23-2/h3-6,9H,7-8,10-11H2,1-2H3. The fourth-order valence-electron chi connectivity index (χ4n) is 3.13. The van der Waals surface area contributed by atoms with E-state index < -0.39 is 0 Å². The number of hydrogen-bond acceptors (Lipinski definition) is 5. The third-order valence-corrected chi connectivity index (χ3v) is 4.98. The molecule has 5 nitrogen and oxygen atoms in total. The lowest BCUT2D eigenvalue weighted by Gasteiger charge is -2.27. The van der Waals surface area contributed by atoms with Crippen molar-refractivity contribution >= 4 is 22.8 Å². The summed E-state index contributed by atoms with van der Waals surface area (Å²) in [5.41, 5.74) is 4.70. The number of hydrogen-bond donors (Lipinski definition) is 0. The molecule has 2 aromatic heterocycles. The summed E-state index contributed by atoms with van der Waals surface area (Å²) in [7, 11) is 2.09. The van der Waals surface area contributed by atoms with Crippen LogP contribution >= 0.6 is 11.8 Å². The number of nitrogens with zero attached hydrogens (tertiary/aromatic N) is 5. The van der Waals surface area contributed by atoms with Crippen LogP contribution in [0.25, 0.3) is 11.0 Å². The van der Waals surface area contributed by atoms with Crippen molar-refractivity contribution in [3.05, 3.63) is 47.5 Å². The minimum absolute atomic E-state index is 0.856. The van der Waals surface area contributed by atoms with Crippen LogP contribution in [0.15, 0.2) is 35.6 Å². The minimum Gasteiger partial charge on any atom is -0.330 e. The van der Waals surface area contributed by atoms with Crippen LogP contribution in [-0.2, 0) is 26.6 Å². The van der Waals surface area contributed by atoms with Crippen LogP contribution in [0.3, 0.4) is 0 Å². The summed E-state index contributed by atoms with van der Waals surface area (Å²) in [5, 5.41) is 0.868. The number of imidazole rings is 1. The molecule has 0 unspecified atom stereocenters. The van der Waals surface area contributed by atoms with Crippen LogP contribution in [0.2, 0.25) is 0 Å². The highest BCUT2D eigenvalue weighted by Crippen LogP contribution is 2.22. The van der Waals surface area contributed by atoms with Gasteiger partial charge in [-0.2, -0.15) is 0 Å². The third kappa shape index (κ3) is 2.72. The first kappa shape index (κ1) is 14.7. The van der Waals surface area contributed by atoms with Gasteiger partial charge in [-0.3, -0.25) is 4.90 Å². The van der Waals surface area contributed by atoms with Crippen molar-refractivity contribution < 1.29 is 0 Å². The van der Waals surface area contributed by atoms with Crippen LogP contribution in [0.4, 0.5) is 0 Å². The average molecular weight is 325 g/mol. The molecule has 1 aromatic carbocycles. The molecule has 0 fully saturated rings. The number of thioether (sulfide) groups is 1. The lowest BCUT2D eigenvalue weighted by Crippen LogP contribution is -2.31. The van der Waals surface area contributed by atoms with Crippen LogP contribution in [0, 0.1) is 0 Å². The van der Waals surface area contributed by atoms with Gasteiger partial charge in [-0.25, -0.2) is 15.0 Å². The molecule has 1 aliphatic rings. The maximum absolute atomic E-state index is 4.78. The van der Waals surface area contributed by atoms with E-state index in [9.17, 15) is 0 Å². The third-order valence-electron chi connectivity index (χ3n) is 4.42. The lowest BCUT2D eigenvalue weighted by atomic mass is 10.1. The molecule has 0 radical (unpaired) electrons. The predicted octanol–water partition coefficient (Wildman–Crippen LogP) is 2.64. The van der Waals surface area contributed by atoms with E-state index in [0.717, 1.165) is 42.6 Å². The predicted molar refractivity (Wildman–Crippen MR) is 92.3 cm³/mol. The van der Waals surface area contributed by atoms with Crippen molar-refractivity contribution in [3.8, 4) is 0 Å². The Bertz CT molecular complexity index is 857. The van der Waals surface area contributed by atoms with Crippen LogP contribution in [0.1, 0.15) is 17.1 Å². The molecule has 0 saturated carbocycles. The molecule has 0 aliphatic carbocycles. The van der Waals surface area contributed by atoms with Gasteiger partial charge in [0, 0.05) is 38.3 Å². The normalized spacial score (nSPS) is 15.0. The molecule has 3 aromatic rings. The van der Waals surface area contributed by atoms with Gasteiger partial charge < -0.3 is 4.57 Å². The SMILES string of the molecule is CSc1ncc2c(n1)CCN(Cc1nc3ccccc3n1C)C2. The van der Waals surface area contributed by atoms with E-state index in [1.807, 2.05) is 18.5 Å². The van der Waals surface area contributed by atoms with Gasteiger partial charge in [0.1, 0.15) is 5.82 Å². The number of aromatic nitrogens is 4. The smallest absolute Gasteiger partial charge is 0.187 e. The Morgan fingerprint density at radius 1 is 1.22 bits per heavy atom. The number of benzene rings is 1. The van der Waals surface area contributed by atoms with E-state index in [-0.39, 0.29) is 0 Å². The van der Waals surface area contributed by atoms with Gasteiger partial charge in [0.25, 0.3) is 0 Å². The summed E-state index contributed by atoms with van der Waals surface area (Å²) in [6.07, 6.45) is 4.98. The van der Waals surface area contributed by atoms with Gasteiger partial charge in [0.05, 0.1) is 23.3 Å². The van der Waals surface area contributed by atoms with E-state index in [1.165, 1.54) is 16.8 Å². The molecule has 23 heavy (non-hydrogen) atoms. The van der Waals surface area contributed by atoms with Crippen molar-refractivity contribution in [1.29, 1.82) is 0 Å². The molecule has 118 valence electrons. The molecule has 4 rings (SSSR count). The Hall–Kier alpha value is -1.92. The highest BCUT2D eigenvalue weighted by molar-refractivity contribution is 7.98. The molecule has 3 heterocycles. The number of fused-ring (bicyclic) bond motifs is 2. The first-order valence-electron chi connectivity index (χ1n) is 7.76. The quantitative estimate of drug-likeness (QED) is 0.547. The van der Waals surface area contributed by atoms with Crippen molar-refractivity contribution in [2.24, 2.45) is 7.05 Å². The van der Waals surface area contributed by atoms with Crippen LogP contribution < -0.4 is 0 Å². The molecular weight excluding hydrogens is 306 g/mol. The Morgan fingerprint density at radius 3 is 2.91 bits per heavy atom. The maximum Gasteiger partial charge on any atom is 0.187 e. The molecule has 0 amide bonds. The topological polar surface area (TPSA) is 46.8 Å². The highest BCUT2D eigenvalue weighted by Gasteiger charge is 2.20. The zero-order chi connectivity index (χ0) is 15.8. The second-order valence-corrected chi connectivity index (χ2v) is 6.64. The van der Waals surface area contributed by atoms with Gasteiger partial charge in [0.2, 0.25) is 0 Å². The number of aryl methyl sites for hydroxylation is 1. The van der Waals surface area contributed by atoms with E-state index in [4.69, 9.17) is 4.98 Å². The molecule has 0 N–H and O–H groups in total. The summed E-state index contributed by atoms with van der Waals surface area (Å²) in [5.74, 6) is 1.11. The molecule has 6 heteroatoms. The van der Waals surface area contributed by atoms with E-state index in [1.54, 1.807) is 11.8 Å². The van der Waals surface area contributed by atoms with Crippen molar-refractivity contribution in [3.63, 3.8) is 0 Å². The van der Waals surface area contributed by atoms with E-state index in [0.29, 0.717) is 0 Å². The summed E-state index contributed by atoms with van der Waals surface area (Å²) in [4.78, 5) is 16.2. The minimum atomic E-state index is 0.856. The fraction of sp³-hybridized carbons (Fsp3) is 0.353. The zero-order valence-corrected chi connectivity index (χ0v) is 14.2. The average Bonchev–Trinajstić information content (AvgIpc) is 2.90. The molecule has 0 saturated heterocycles. The summed E-state index contributed by atoms with van der Waals surface area (Å²) < 4.78 is 2.19. The highest BCUT2D eigenvalue weighted by atomic mass is 32.2. The molecular formula is C17H19N5S. The largest absolute Gasteiger partial charge is 0.330 e. The van der Waals surface area contributed by atoms with Gasteiger partial charge in [-0.1, -0.05) is 23.9 Å². The van der Waals surface area contributed by atoms with Crippen molar-refractivity contribution in [1.82, 2.24) is 24.4 Å². The number of para-hydroxylation sites is 2. The zero-order valence-electron chi connectivity index (χ0n) is 13.4. The summed E-state index contributed by atoms with van der Waals surface area (Å²) >= 11 is 1.60. The van der Waals surface area contributed by atoms with Gasteiger partial charge >= 0.3 is 0 Å². The molecule has 0 bridgehead atoms. The molecule has 1 aliphatic heterocycles. The Labute approximate surface area is 139 Å². The van der Waals surface area contributed by atoms with Crippen molar-refractivity contribution in [2.75, 3.05) is 12.8 Å². The lowest BCUT2D eigenvalue weighted by molar-refractivity contribution is 0.234. The first-order chi connectivity index (χ1) is 11.2. The number of rotatable bonds is 3. The summed E-state index contributed by atoms with van der Waals surface area (Å²) in [6, 6.07) is 8.29. The van der Waals surface area contributed by atoms with Crippen molar-refractivity contribution in [2.45, 2.75) is 24.7 Å². The van der Waals surface area contributed by atoms with Gasteiger partial charge in [-0.05, 0) is 18.4 Å². The second-order valence-electron chi connectivity index (χ2n) is 5.87.